The number of nitrogens with two attached hydrogens (primary N) is 2. The lowest BCUT2D eigenvalue weighted by Crippen LogP contribution is -2.03. The third kappa shape index (κ3) is 5.28. The molecule has 0 unspecified atom stereocenters. The summed E-state index contributed by atoms with van der Waals surface area (Å²) >= 11 is 6.45. The quantitative estimate of drug-likeness (QED) is 0.158. The summed E-state index contributed by atoms with van der Waals surface area (Å²) in [7, 11) is 0. The number of nitrogen functional groups attached to an aromatic ring is 1. The van der Waals surface area contributed by atoms with Gasteiger partial charge in [0.2, 0.25) is 0 Å². The van der Waals surface area contributed by atoms with Crippen LogP contribution in [0.2, 0.25) is 5.02 Å². The molecular weight excluding hydrogens is 423 g/mol. The number of hydrogen-bond donors (Lipinski definition) is 3. The van der Waals surface area contributed by atoms with Crippen molar-refractivity contribution in [3.63, 3.8) is 0 Å². The number of anilines is 1. The van der Waals surface area contributed by atoms with E-state index in [4.69, 9.17) is 23.1 Å². The highest BCUT2D eigenvalue weighted by Crippen LogP contribution is 2.38. The largest absolute Gasteiger partial charge is 0.509 e. The van der Waals surface area contributed by atoms with Crippen molar-refractivity contribution in [1.82, 2.24) is 0 Å². The van der Waals surface area contributed by atoms with Crippen LogP contribution in [0.3, 0.4) is 0 Å². The molecule has 0 heterocycles. The lowest BCUT2D eigenvalue weighted by atomic mass is 9.87. The van der Waals surface area contributed by atoms with E-state index in [0.29, 0.717) is 23.7 Å². The topological polar surface area (TPSA) is 72.3 Å². The van der Waals surface area contributed by atoms with E-state index < -0.39 is 0 Å². The van der Waals surface area contributed by atoms with E-state index in [-0.39, 0.29) is 11.6 Å². The normalized spacial score (nSPS) is 12.1. The van der Waals surface area contributed by atoms with Crippen LogP contribution in [-0.4, -0.2) is 5.11 Å². The number of aliphatic hydroxyl groups excluding tert-OH is 1. The van der Waals surface area contributed by atoms with Crippen molar-refractivity contribution in [1.29, 1.82) is 0 Å². The van der Waals surface area contributed by atoms with Crippen molar-refractivity contribution in [2.24, 2.45) is 5.73 Å². The molecule has 0 aliphatic rings. The molecule has 3 nitrogen and oxygen atoms in total. The van der Waals surface area contributed by atoms with Crippen molar-refractivity contribution in [2.45, 2.75) is 19.9 Å². The first kappa shape index (κ1) is 23.3. The van der Waals surface area contributed by atoms with E-state index >= 15 is 0 Å². The third-order valence-electron chi connectivity index (χ3n) is 5.23. The van der Waals surface area contributed by atoms with Crippen molar-refractivity contribution in [2.75, 3.05) is 5.73 Å². The van der Waals surface area contributed by atoms with Gasteiger partial charge in [-0.3, -0.25) is 0 Å². The number of halogens is 2. The summed E-state index contributed by atoms with van der Waals surface area (Å²) in [5.41, 5.74) is 19.0. The van der Waals surface area contributed by atoms with E-state index in [1.165, 1.54) is 18.2 Å². The van der Waals surface area contributed by atoms with E-state index in [9.17, 15) is 9.50 Å². The zero-order valence-corrected chi connectivity index (χ0v) is 18.7. The highest BCUT2D eigenvalue weighted by molar-refractivity contribution is 6.32. The zero-order valence-electron chi connectivity index (χ0n) is 17.9. The molecule has 3 rings (SSSR count). The third-order valence-corrected chi connectivity index (χ3v) is 5.54. The fourth-order valence-corrected chi connectivity index (χ4v) is 3.92. The van der Waals surface area contributed by atoms with Crippen molar-refractivity contribution < 1.29 is 9.50 Å². The fraction of sp³-hybridized carbons (Fsp3) is 0.111. The van der Waals surface area contributed by atoms with Gasteiger partial charge in [0.1, 0.15) is 11.6 Å². The van der Waals surface area contributed by atoms with Crippen LogP contribution >= 0.6 is 11.6 Å². The van der Waals surface area contributed by atoms with E-state index in [1.54, 1.807) is 12.1 Å². The summed E-state index contributed by atoms with van der Waals surface area (Å²) in [4.78, 5) is 0. The number of hydrogen-bond acceptors (Lipinski definition) is 3. The monoisotopic (exact) mass is 448 g/mol. The van der Waals surface area contributed by atoms with Crippen LogP contribution < -0.4 is 11.5 Å². The molecule has 32 heavy (non-hydrogen) atoms. The van der Waals surface area contributed by atoms with Crippen molar-refractivity contribution in [3.8, 4) is 0 Å². The first-order chi connectivity index (χ1) is 15.3. The average Bonchev–Trinajstić information content (AvgIpc) is 2.78. The van der Waals surface area contributed by atoms with Gasteiger partial charge in [-0.05, 0) is 75.7 Å². The molecule has 5 N–H and O–H groups in total. The molecule has 0 aliphatic heterocycles. The van der Waals surface area contributed by atoms with Gasteiger partial charge in [0.15, 0.2) is 0 Å². The Kier molecular flexibility index (Phi) is 7.52. The van der Waals surface area contributed by atoms with Crippen LogP contribution in [0.15, 0.2) is 79.1 Å². The molecule has 0 radical (unpaired) electrons. The second-order valence-electron chi connectivity index (χ2n) is 7.40. The molecular formula is C27H26ClFN2O. The van der Waals surface area contributed by atoms with Gasteiger partial charge in [0.05, 0.1) is 5.02 Å². The Bertz CT molecular complexity index is 1200. The molecule has 164 valence electrons. The van der Waals surface area contributed by atoms with E-state index in [2.05, 4.69) is 6.58 Å². The average molecular weight is 449 g/mol. The Morgan fingerprint density at radius 1 is 1.06 bits per heavy atom. The smallest absolute Gasteiger partial charge is 0.124 e. The van der Waals surface area contributed by atoms with Gasteiger partial charge in [-0.25, -0.2) is 4.39 Å². The second kappa shape index (κ2) is 10.3. The molecule has 0 fully saturated rings. The van der Waals surface area contributed by atoms with Gasteiger partial charge >= 0.3 is 0 Å². The van der Waals surface area contributed by atoms with Crippen LogP contribution in [0, 0.1) is 5.82 Å². The number of rotatable bonds is 7. The summed E-state index contributed by atoms with van der Waals surface area (Å²) in [6, 6.07) is 18.2. The Balaban J connectivity index is 2.26. The fourth-order valence-electron chi connectivity index (χ4n) is 3.64. The van der Waals surface area contributed by atoms with Gasteiger partial charge in [-0.2, -0.15) is 0 Å². The summed E-state index contributed by atoms with van der Waals surface area (Å²) in [6.45, 7) is 5.82. The van der Waals surface area contributed by atoms with Gasteiger partial charge in [-0.1, -0.05) is 67.6 Å². The standard InChI is InChI=1S/C27H26ClFN2O/c1-3-23(24-12-11-22(29)15-25(24)28)27(20-10-13-26(31)21(14-20)16-30)19-8-6-18(7-9-19)5-4-17(2)32/h4-15,32H,2-3,16,30-31H2,1H3/b5-4+,27-23+. The van der Waals surface area contributed by atoms with Crippen LogP contribution in [0.1, 0.15) is 41.2 Å². The summed E-state index contributed by atoms with van der Waals surface area (Å²) in [5, 5.41) is 9.66. The maximum absolute atomic E-state index is 13.7. The molecule has 0 bridgehead atoms. The molecule has 0 amide bonds. The zero-order chi connectivity index (χ0) is 23.3. The molecule has 0 atom stereocenters. The molecule has 0 aliphatic carbocycles. The highest BCUT2D eigenvalue weighted by Gasteiger charge is 2.16. The highest BCUT2D eigenvalue weighted by atomic mass is 35.5. The van der Waals surface area contributed by atoms with Gasteiger partial charge < -0.3 is 16.6 Å². The summed E-state index contributed by atoms with van der Waals surface area (Å²) in [6.07, 6.45) is 3.99. The predicted octanol–water partition coefficient (Wildman–Crippen LogP) is 6.97. The predicted molar refractivity (Wildman–Crippen MR) is 134 cm³/mol. The number of allylic oxidation sites excluding steroid dienone is 2. The van der Waals surface area contributed by atoms with Crippen molar-refractivity contribution >= 4 is 34.5 Å². The van der Waals surface area contributed by atoms with Crippen LogP contribution in [0.4, 0.5) is 10.1 Å². The first-order valence-electron chi connectivity index (χ1n) is 10.3. The second-order valence-corrected chi connectivity index (χ2v) is 7.80. The molecule has 0 saturated heterocycles. The Morgan fingerprint density at radius 3 is 2.34 bits per heavy atom. The minimum atomic E-state index is -0.379. The molecule has 5 heteroatoms. The Hall–Kier alpha value is -3.34. The lowest BCUT2D eigenvalue weighted by Gasteiger charge is -2.18. The van der Waals surface area contributed by atoms with Crippen LogP contribution in [0.25, 0.3) is 17.2 Å². The summed E-state index contributed by atoms with van der Waals surface area (Å²) in [5.74, 6) is -0.389. The number of aliphatic hydroxyl groups is 1. The maximum atomic E-state index is 13.7. The summed E-state index contributed by atoms with van der Waals surface area (Å²) < 4.78 is 13.7. The first-order valence-corrected chi connectivity index (χ1v) is 10.7. The van der Waals surface area contributed by atoms with Gasteiger partial charge in [0.25, 0.3) is 0 Å². The molecule has 0 spiro atoms. The molecule has 0 saturated carbocycles. The minimum Gasteiger partial charge on any atom is -0.509 e. The molecule has 0 aromatic heterocycles. The van der Waals surface area contributed by atoms with Crippen LogP contribution in [-0.2, 0) is 6.54 Å². The molecule has 3 aromatic carbocycles. The van der Waals surface area contributed by atoms with Crippen LogP contribution in [0.5, 0.6) is 0 Å². The van der Waals surface area contributed by atoms with E-state index in [1.807, 2.05) is 49.4 Å². The number of benzene rings is 3. The van der Waals surface area contributed by atoms with Gasteiger partial charge in [-0.15, -0.1) is 0 Å². The SMILES string of the molecule is C=C(O)/C=C/c1ccc(/C(=C(/CC)c2ccc(F)cc2Cl)c2ccc(N)c(CN)c2)cc1. The Labute approximate surface area is 193 Å². The van der Waals surface area contributed by atoms with E-state index in [0.717, 1.165) is 39.0 Å². The maximum Gasteiger partial charge on any atom is 0.124 e. The lowest BCUT2D eigenvalue weighted by molar-refractivity contribution is 0.436. The van der Waals surface area contributed by atoms with Gasteiger partial charge in [0, 0.05) is 12.2 Å². The minimum absolute atomic E-state index is 0.00919. The Morgan fingerprint density at radius 2 is 1.75 bits per heavy atom. The molecule has 3 aromatic rings. The van der Waals surface area contributed by atoms with Crippen molar-refractivity contribution in [3.05, 3.63) is 118 Å².